The molecule has 0 aliphatic heterocycles. The molecule has 0 saturated heterocycles. The van der Waals surface area contributed by atoms with Crippen LogP contribution in [0.1, 0.15) is 33.1 Å². The van der Waals surface area contributed by atoms with Crippen LogP contribution in [0, 0.1) is 0 Å². The summed E-state index contributed by atoms with van der Waals surface area (Å²) in [5, 5.41) is 5.46. The third-order valence-corrected chi connectivity index (χ3v) is 2.84. The molecule has 2 amide bonds. The molecule has 0 aromatic rings. The second kappa shape index (κ2) is 15.4. The van der Waals surface area contributed by atoms with Crippen molar-refractivity contribution in [3.8, 4) is 0 Å². The van der Waals surface area contributed by atoms with Crippen molar-refractivity contribution >= 4 is 17.6 Å². The number of hydrogen-bond acceptors (Lipinski definition) is 5. The van der Waals surface area contributed by atoms with Crippen LogP contribution >= 0.6 is 0 Å². The summed E-state index contributed by atoms with van der Waals surface area (Å²) in [7, 11) is 7.85. The standard InChI is InChI=1S/C10H20N2O2.C6H14N2O/c1-4-9(13)5-6-10(14)11-7-8-12(2)3;1-6(9)7-4-5-8(2)3/h4-8H2,1-3H3,(H,11,14);4-5H2,1-3H3,(H,7,9). The number of amides is 2. The Labute approximate surface area is 140 Å². The second-order valence-electron chi connectivity index (χ2n) is 5.83. The molecule has 0 fully saturated rings. The zero-order valence-electron chi connectivity index (χ0n) is 15.6. The van der Waals surface area contributed by atoms with E-state index in [1.54, 1.807) is 0 Å². The smallest absolute Gasteiger partial charge is 0.220 e. The summed E-state index contributed by atoms with van der Waals surface area (Å²) in [6.07, 6.45) is 1.20. The fourth-order valence-corrected chi connectivity index (χ4v) is 1.39. The molecule has 0 unspecified atom stereocenters. The summed E-state index contributed by atoms with van der Waals surface area (Å²) in [6, 6.07) is 0. The van der Waals surface area contributed by atoms with E-state index in [4.69, 9.17) is 0 Å². The fourth-order valence-electron chi connectivity index (χ4n) is 1.39. The van der Waals surface area contributed by atoms with Crippen molar-refractivity contribution in [2.45, 2.75) is 33.1 Å². The highest BCUT2D eigenvalue weighted by Crippen LogP contribution is 1.94. The SMILES string of the molecule is CC(=O)NCCN(C)C.CCC(=O)CCC(=O)NCCN(C)C. The molecule has 7 nitrogen and oxygen atoms in total. The highest BCUT2D eigenvalue weighted by atomic mass is 16.2. The minimum absolute atomic E-state index is 0.0337. The van der Waals surface area contributed by atoms with Crippen molar-refractivity contribution in [1.29, 1.82) is 0 Å². The van der Waals surface area contributed by atoms with E-state index in [-0.39, 0.29) is 17.6 Å². The van der Waals surface area contributed by atoms with Gasteiger partial charge in [0, 0.05) is 52.4 Å². The highest BCUT2D eigenvalue weighted by Gasteiger charge is 2.04. The van der Waals surface area contributed by atoms with Crippen molar-refractivity contribution in [1.82, 2.24) is 20.4 Å². The maximum absolute atomic E-state index is 11.2. The third-order valence-electron chi connectivity index (χ3n) is 2.84. The predicted octanol–water partition coefficient (Wildman–Crippen LogP) is 0.108. The summed E-state index contributed by atoms with van der Waals surface area (Å²) >= 11 is 0. The molecule has 0 heterocycles. The van der Waals surface area contributed by atoms with Gasteiger partial charge in [-0.2, -0.15) is 0 Å². The number of carbonyl (C=O) groups is 3. The molecule has 0 aliphatic rings. The normalized spacial score (nSPS) is 10.1. The minimum atomic E-state index is -0.0337. The largest absolute Gasteiger partial charge is 0.355 e. The lowest BCUT2D eigenvalue weighted by Gasteiger charge is -2.09. The molecule has 0 radical (unpaired) electrons. The van der Waals surface area contributed by atoms with E-state index >= 15 is 0 Å². The predicted molar refractivity (Wildman–Crippen MR) is 93.3 cm³/mol. The van der Waals surface area contributed by atoms with Crippen LogP contribution in [0.3, 0.4) is 0 Å². The molecular weight excluding hydrogens is 296 g/mol. The summed E-state index contributed by atoms with van der Waals surface area (Å²) in [5.41, 5.74) is 0. The number of likely N-dealkylation sites (N-methyl/N-ethyl adjacent to an activating group) is 2. The van der Waals surface area contributed by atoms with E-state index in [9.17, 15) is 14.4 Å². The van der Waals surface area contributed by atoms with Gasteiger partial charge in [0.2, 0.25) is 11.8 Å². The maximum atomic E-state index is 11.2. The molecule has 0 bridgehead atoms. The minimum Gasteiger partial charge on any atom is -0.355 e. The topological polar surface area (TPSA) is 81.8 Å². The van der Waals surface area contributed by atoms with Crippen LogP contribution in [0.5, 0.6) is 0 Å². The van der Waals surface area contributed by atoms with Gasteiger partial charge in [0.1, 0.15) is 5.78 Å². The quantitative estimate of drug-likeness (QED) is 0.594. The van der Waals surface area contributed by atoms with Crippen LogP contribution in [0.2, 0.25) is 0 Å². The van der Waals surface area contributed by atoms with Gasteiger partial charge in [0.05, 0.1) is 0 Å². The van der Waals surface area contributed by atoms with Crippen molar-refractivity contribution in [2.75, 3.05) is 54.4 Å². The molecule has 23 heavy (non-hydrogen) atoms. The van der Waals surface area contributed by atoms with Gasteiger partial charge in [-0.15, -0.1) is 0 Å². The van der Waals surface area contributed by atoms with Crippen molar-refractivity contribution in [3.05, 3.63) is 0 Å². The Bertz CT molecular complexity index is 344. The van der Waals surface area contributed by atoms with Crippen LogP contribution in [0.25, 0.3) is 0 Å². The Hall–Kier alpha value is -1.47. The first-order chi connectivity index (χ1) is 10.7. The van der Waals surface area contributed by atoms with E-state index in [0.29, 0.717) is 25.8 Å². The summed E-state index contributed by atoms with van der Waals surface area (Å²) < 4.78 is 0. The molecule has 0 aromatic carbocycles. The summed E-state index contributed by atoms with van der Waals surface area (Å²) in [4.78, 5) is 36.4. The first-order valence-corrected chi connectivity index (χ1v) is 8.01. The number of nitrogens with zero attached hydrogens (tertiary/aromatic N) is 2. The highest BCUT2D eigenvalue weighted by molar-refractivity contribution is 5.84. The maximum Gasteiger partial charge on any atom is 0.220 e. The first kappa shape index (κ1) is 23.8. The molecule has 0 aromatic heterocycles. The van der Waals surface area contributed by atoms with Crippen LogP contribution < -0.4 is 10.6 Å². The number of rotatable bonds is 10. The van der Waals surface area contributed by atoms with Gasteiger partial charge in [-0.25, -0.2) is 0 Å². The Morgan fingerprint density at radius 3 is 1.70 bits per heavy atom. The monoisotopic (exact) mass is 330 g/mol. The molecular formula is C16H34N4O3. The molecule has 0 atom stereocenters. The number of carbonyl (C=O) groups excluding carboxylic acids is 3. The lowest BCUT2D eigenvalue weighted by atomic mass is 10.2. The van der Waals surface area contributed by atoms with Crippen molar-refractivity contribution in [3.63, 3.8) is 0 Å². The van der Waals surface area contributed by atoms with E-state index in [0.717, 1.165) is 19.6 Å². The van der Waals surface area contributed by atoms with Gasteiger partial charge in [-0.05, 0) is 28.2 Å². The van der Waals surface area contributed by atoms with Gasteiger partial charge >= 0.3 is 0 Å². The Morgan fingerprint density at radius 1 is 0.826 bits per heavy atom. The Balaban J connectivity index is 0. The van der Waals surface area contributed by atoms with E-state index in [1.165, 1.54) is 6.92 Å². The van der Waals surface area contributed by atoms with Crippen molar-refractivity contribution < 1.29 is 14.4 Å². The van der Waals surface area contributed by atoms with Gasteiger partial charge in [-0.3, -0.25) is 14.4 Å². The zero-order valence-corrected chi connectivity index (χ0v) is 15.6. The lowest BCUT2D eigenvalue weighted by Crippen LogP contribution is -2.31. The molecule has 136 valence electrons. The zero-order chi connectivity index (χ0) is 18.3. The average molecular weight is 330 g/mol. The van der Waals surface area contributed by atoms with Crippen molar-refractivity contribution in [2.24, 2.45) is 0 Å². The average Bonchev–Trinajstić information content (AvgIpc) is 2.44. The Kier molecular flexibility index (Phi) is 16.0. The third kappa shape index (κ3) is 22.9. The number of hydrogen-bond donors (Lipinski definition) is 2. The first-order valence-electron chi connectivity index (χ1n) is 8.01. The molecule has 2 N–H and O–H groups in total. The second-order valence-corrected chi connectivity index (χ2v) is 5.83. The summed E-state index contributed by atoms with van der Waals surface area (Å²) in [6.45, 7) is 6.45. The summed E-state index contributed by atoms with van der Waals surface area (Å²) in [5.74, 6) is 0.151. The van der Waals surface area contributed by atoms with E-state index in [2.05, 4.69) is 10.6 Å². The van der Waals surface area contributed by atoms with Crippen LogP contribution in [0.15, 0.2) is 0 Å². The molecule has 0 aliphatic carbocycles. The molecule has 0 saturated carbocycles. The van der Waals surface area contributed by atoms with Gasteiger partial charge in [-0.1, -0.05) is 6.92 Å². The van der Waals surface area contributed by atoms with Gasteiger partial charge < -0.3 is 20.4 Å². The molecule has 7 heteroatoms. The van der Waals surface area contributed by atoms with Gasteiger partial charge in [0.25, 0.3) is 0 Å². The van der Waals surface area contributed by atoms with Crippen LogP contribution in [0.4, 0.5) is 0 Å². The van der Waals surface area contributed by atoms with E-state index < -0.39 is 0 Å². The molecule has 0 spiro atoms. The Morgan fingerprint density at radius 2 is 1.30 bits per heavy atom. The lowest BCUT2D eigenvalue weighted by molar-refractivity contribution is -0.125. The van der Waals surface area contributed by atoms with E-state index in [1.807, 2.05) is 44.9 Å². The fraction of sp³-hybridized carbons (Fsp3) is 0.812. The number of Topliss-reactive ketones (excluding diaryl/α,β-unsaturated/α-hetero) is 1. The molecule has 0 rings (SSSR count). The number of nitrogens with one attached hydrogen (secondary N) is 2. The number of ketones is 1. The van der Waals surface area contributed by atoms with Gasteiger partial charge in [0.15, 0.2) is 0 Å². The van der Waals surface area contributed by atoms with Crippen LogP contribution in [-0.2, 0) is 14.4 Å². The van der Waals surface area contributed by atoms with Crippen LogP contribution in [-0.4, -0.2) is 81.8 Å².